The summed E-state index contributed by atoms with van der Waals surface area (Å²) in [6.45, 7) is 2.51. The molecular weight excluding hydrogens is 382 g/mol. The maximum atomic E-state index is 13.3. The van der Waals surface area contributed by atoms with Crippen LogP contribution in [0.5, 0.6) is 5.75 Å². The number of amides is 2. The lowest BCUT2D eigenvalue weighted by molar-refractivity contribution is 0.190. The van der Waals surface area contributed by atoms with Gasteiger partial charge in [-0.05, 0) is 44.0 Å². The number of anilines is 3. The molecule has 0 bridgehead atoms. The molecule has 0 radical (unpaired) electrons. The molecule has 162 valence electrons. The van der Waals surface area contributed by atoms with E-state index in [1.165, 1.54) is 6.42 Å². The SMILES string of the molecule is COC[C@H](C)Nc1nccc(N(C(=O)NC2CCCCC2)c2ccc(OC)cc2)n1. The zero-order valence-electron chi connectivity index (χ0n) is 17.9. The summed E-state index contributed by atoms with van der Waals surface area (Å²) in [6, 6.07) is 9.13. The predicted octanol–water partition coefficient (Wildman–Crippen LogP) is 4.11. The van der Waals surface area contributed by atoms with E-state index in [0.717, 1.165) is 31.4 Å². The molecule has 2 aromatic rings. The van der Waals surface area contributed by atoms with Crippen molar-refractivity contribution in [2.45, 2.75) is 51.1 Å². The van der Waals surface area contributed by atoms with Crippen molar-refractivity contribution in [3.63, 3.8) is 0 Å². The number of aromatic nitrogens is 2. The van der Waals surface area contributed by atoms with Crippen molar-refractivity contribution >= 4 is 23.5 Å². The zero-order chi connectivity index (χ0) is 21.3. The van der Waals surface area contributed by atoms with E-state index in [-0.39, 0.29) is 18.1 Å². The molecule has 8 heteroatoms. The Labute approximate surface area is 178 Å². The van der Waals surface area contributed by atoms with Crippen molar-refractivity contribution < 1.29 is 14.3 Å². The number of hydrogen-bond donors (Lipinski definition) is 2. The second-order valence-corrected chi connectivity index (χ2v) is 7.56. The van der Waals surface area contributed by atoms with Crippen LogP contribution in [0.3, 0.4) is 0 Å². The standard InChI is InChI=1S/C22H31N5O3/c1-16(15-29-2)24-21-23-14-13-20(26-21)27(18-9-11-19(30-3)12-10-18)22(28)25-17-7-5-4-6-8-17/h9-14,16-17H,4-8,15H2,1-3H3,(H,25,28)(H,23,24,26)/t16-/m0/s1. The molecule has 8 nitrogen and oxygen atoms in total. The van der Waals surface area contributed by atoms with Crippen molar-refractivity contribution in [2.75, 3.05) is 31.0 Å². The third-order valence-electron chi connectivity index (χ3n) is 5.13. The molecule has 1 heterocycles. The summed E-state index contributed by atoms with van der Waals surface area (Å²) in [6.07, 6.45) is 7.18. The quantitative estimate of drug-likeness (QED) is 0.677. The van der Waals surface area contributed by atoms with Gasteiger partial charge in [-0.15, -0.1) is 0 Å². The first-order chi connectivity index (χ1) is 14.6. The Kier molecular flexibility index (Phi) is 7.84. The largest absolute Gasteiger partial charge is 0.497 e. The Morgan fingerprint density at radius 2 is 1.90 bits per heavy atom. The van der Waals surface area contributed by atoms with Crippen molar-refractivity contribution in [1.29, 1.82) is 0 Å². The van der Waals surface area contributed by atoms with Crippen LogP contribution in [0.2, 0.25) is 0 Å². The molecule has 0 unspecified atom stereocenters. The van der Waals surface area contributed by atoms with Gasteiger partial charge in [-0.25, -0.2) is 14.7 Å². The summed E-state index contributed by atoms with van der Waals surface area (Å²) in [5, 5.41) is 6.38. The molecule has 0 saturated heterocycles. The highest BCUT2D eigenvalue weighted by molar-refractivity contribution is 5.98. The first kappa shape index (κ1) is 21.8. The molecule has 3 rings (SSSR count). The maximum absolute atomic E-state index is 13.3. The van der Waals surface area contributed by atoms with E-state index in [1.54, 1.807) is 31.4 Å². The summed E-state index contributed by atoms with van der Waals surface area (Å²) in [7, 11) is 3.27. The fraction of sp³-hybridized carbons (Fsp3) is 0.500. The van der Waals surface area contributed by atoms with Crippen LogP contribution in [0, 0.1) is 0 Å². The lowest BCUT2D eigenvalue weighted by Crippen LogP contribution is -2.44. The average molecular weight is 414 g/mol. The number of nitrogens with zero attached hydrogens (tertiary/aromatic N) is 3. The molecule has 1 fully saturated rings. The van der Waals surface area contributed by atoms with Gasteiger partial charge in [0.1, 0.15) is 11.6 Å². The van der Waals surface area contributed by atoms with Crippen LogP contribution in [-0.2, 0) is 4.74 Å². The number of urea groups is 1. The molecule has 0 spiro atoms. The first-order valence-corrected chi connectivity index (χ1v) is 10.4. The van der Waals surface area contributed by atoms with Crippen LogP contribution in [0.25, 0.3) is 0 Å². The summed E-state index contributed by atoms with van der Waals surface area (Å²) in [4.78, 5) is 23.7. The summed E-state index contributed by atoms with van der Waals surface area (Å²) in [5.74, 6) is 1.67. The van der Waals surface area contributed by atoms with E-state index in [1.807, 2.05) is 31.2 Å². The number of carbonyl (C=O) groups is 1. The molecule has 30 heavy (non-hydrogen) atoms. The molecule has 1 saturated carbocycles. The fourth-order valence-corrected chi connectivity index (χ4v) is 3.63. The van der Waals surface area contributed by atoms with Gasteiger partial charge in [0.05, 0.1) is 19.4 Å². The first-order valence-electron chi connectivity index (χ1n) is 10.4. The van der Waals surface area contributed by atoms with Crippen LogP contribution in [0.4, 0.5) is 22.2 Å². The highest BCUT2D eigenvalue weighted by Crippen LogP contribution is 2.27. The Balaban J connectivity index is 1.87. The van der Waals surface area contributed by atoms with E-state index in [0.29, 0.717) is 24.1 Å². The monoisotopic (exact) mass is 413 g/mol. The molecule has 1 aromatic heterocycles. The van der Waals surface area contributed by atoms with Crippen molar-refractivity contribution in [2.24, 2.45) is 0 Å². The number of ether oxygens (including phenoxy) is 2. The van der Waals surface area contributed by atoms with Crippen LogP contribution in [0.1, 0.15) is 39.0 Å². The number of methoxy groups -OCH3 is 2. The molecule has 1 aromatic carbocycles. The Morgan fingerprint density at radius 1 is 1.17 bits per heavy atom. The van der Waals surface area contributed by atoms with Gasteiger partial charge in [-0.3, -0.25) is 0 Å². The highest BCUT2D eigenvalue weighted by atomic mass is 16.5. The molecule has 2 N–H and O–H groups in total. The Bertz CT molecular complexity index is 809. The van der Waals surface area contributed by atoms with E-state index >= 15 is 0 Å². The molecule has 2 amide bonds. The van der Waals surface area contributed by atoms with Gasteiger partial charge in [0.15, 0.2) is 0 Å². The van der Waals surface area contributed by atoms with Gasteiger partial charge >= 0.3 is 6.03 Å². The van der Waals surface area contributed by atoms with E-state index in [2.05, 4.69) is 20.6 Å². The number of hydrogen-bond acceptors (Lipinski definition) is 6. The minimum Gasteiger partial charge on any atom is -0.497 e. The smallest absolute Gasteiger partial charge is 0.327 e. The lowest BCUT2D eigenvalue weighted by atomic mass is 9.96. The van der Waals surface area contributed by atoms with Crippen LogP contribution in [-0.4, -0.2) is 48.9 Å². The summed E-state index contributed by atoms with van der Waals surface area (Å²) < 4.78 is 10.4. The minimum atomic E-state index is -0.193. The predicted molar refractivity (Wildman–Crippen MR) is 118 cm³/mol. The molecular formula is C22H31N5O3. The third-order valence-corrected chi connectivity index (χ3v) is 5.13. The van der Waals surface area contributed by atoms with Gasteiger partial charge < -0.3 is 20.1 Å². The number of nitrogens with one attached hydrogen (secondary N) is 2. The molecule has 1 aliphatic rings. The van der Waals surface area contributed by atoms with E-state index in [4.69, 9.17) is 9.47 Å². The third kappa shape index (κ3) is 5.82. The lowest BCUT2D eigenvalue weighted by Gasteiger charge is -2.28. The fourth-order valence-electron chi connectivity index (χ4n) is 3.63. The van der Waals surface area contributed by atoms with Crippen LogP contribution < -0.4 is 20.3 Å². The van der Waals surface area contributed by atoms with E-state index in [9.17, 15) is 4.79 Å². The van der Waals surface area contributed by atoms with Gasteiger partial charge in [0.2, 0.25) is 5.95 Å². The Hall–Kier alpha value is -2.87. The summed E-state index contributed by atoms with van der Waals surface area (Å²) in [5.41, 5.74) is 0.707. The number of benzene rings is 1. The summed E-state index contributed by atoms with van der Waals surface area (Å²) >= 11 is 0. The molecule has 1 aliphatic carbocycles. The average Bonchev–Trinajstić information content (AvgIpc) is 2.75. The highest BCUT2D eigenvalue weighted by Gasteiger charge is 2.24. The number of carbonyl (C=O) groups excluding carboxylic acids is 1. The molecule has 1 atom stereocenters. The van der Waals surface area contributed by atoms with Crippen molar-refractivity contribution in [1.82, 2.24) is 15.3 Å². The van der Waals surface area contributed by atoms with Crippen molar-refractivity contribution in [3.8, 4) is 5.75 Å². The van der Waals surface area contributed by atoms with Crippen LogP contribution in [0.15, 0.2) is 36.5 Å². The van der Waals surface area contributed by atoms with Crippen molar-refractivity contribution in [3.05, 3.63) is 36.5 Å². The van der Waals surface area contributed by atoms with Gasteiger partial charge in [-0.1, -0.05) is 19.3 Å². The van der Waals surface area contributed by atoms with Gasteiger partial charge in [0.25, 0.3) is 0 Å². The molecule has 0 aliphatic heterocycles. The normalized spacial score (nSPS) is 15.3. The number of rotatable bonds is 8. The zero-order valence-corrected chi connectivity index (χ0v) is 17.9. The topological polar surface area (TPSA) is 88.6 Å². The maximum Gasteiger partial charge on any atom is 0.327 e. The second kappa shape index (κ2) is 10.8. The minimum absolute atomic E-state index is 0.0377. The van der Waals surface area contributed by atoms with Gasteiger partial charge in [-0.2, -0.15) is 4.98 Å². The Morgan fingerprint density at radius 3 is 2.57 bits per heavy atom. The van der Waals surface area contributed by atoms with E-state index < -0.39 is 0 Å². The second-order valence-electron chi connectivity index (χ2n) is 7.56. The van der Waals surface area contributed by atoms with Crippen LogP contribution >= 0.6 is 0 Å². The van der Waals surface area contributed by atoms with Gasteiger partial charge in [0, 0.05) is 31.5 Å².